The monoisotopic (exact) mass is 350 g/mol. The van der Waals surface area contributed by atoms with Crippen LogP contribution in [0.4, 0.5) is 0 Å². The van der Waals surface area contributed by atoms with Crippen LogP contribution in [0, 0.1) is 0 Å². The van der Waals surface area contributed by atoms with E-state index in [1.807, 2.05) is 37.5 Å². The first-order chi connectivity index (χ1) is 12.6. The summed E-state index contributed by atoms with van der Waals surface area (Å²) < 4.78 is 0. The van der Waals surface area contributed by atoms with E-state index < -0.39 is 0 Å². The van der Waals surface area contributed by atoms with Crippen molar-refractivity contribution in [1.82, 2.24) is 19.8 Å². The lowest BCUT2D eigenvalue weighted by molar-refractivity contribution is 0.0732. The van der Waals surface area contributed by atoms with Gasteiger partial charge < -0.3 is 9.80 Å². The molecule has 5 nitrogen and oxygen atoms in total. The van der Waals surface area contributed by atoms with Gasteiger partial charge in [0.1, 0.15) is 0 Å². The molecule has 136 valence electrons. The molecule has 4 rings (SSSR count). The Balaban J connectivity index is 1.57. The van der Waals surface area contributed by atoms with Gasteiger partial charge >= 0.3 is 0 Å². The predicted octanol–water partition coefficient (Wildman–Crippen LogP) is 3.00. The van der Waals surface area contributed by atoms with E-state index in [9.17, 15) is 4.79 Å². The van der Waals surface area contributed by atoms with Crippen molar-refractivity contribution in [2.45, 2.75) is 44.7 Å². The smallest absolute Gasteiger partial charge is 0.254 e. The standard InChI is InChI=1S/C21H26N4O/c1-24(2)14-18-12-22-13-19(23-18)20-7-4-10-25(20)21(26)17-9-8-15-5-3-6-16(15)11-17/h8-9,11-13,20H,3-7,10,14H2,1-2H3/t20-/m1/s1. The molecule has 1 saturated heterocycles. The summed E-state index contributed by atoms with van der Waals surface area (Å²) in [5.41, 5.74) is 5.43. The third kappa shape index (κ3) is 3.36. The molecule has 1 amide bonds. The summed E-state index contributed by atoms with van der Waals surface area (Å²) in [7, 11) is 4.04. The SMILES string of the molecule is CN(C)Cc1cncc([C@H]2CCCN2C(=O)c2ccc3c(c2)CCC3)n1. The molecule has 1 aliphatic carbocycles. The Hall–Kier alpha value is -2.27. The van der Waals surface area contributed by atoms with Crippen LogP contribution in [0.1, 0.15) is 58.2 Å². The van der Waals surface area contributed by atoms with Crippen molar-refractivity contribution in [2.24, 2.45) is 0 Å². The fourth-order valence-electron chi connectivity index (χ4n) is 4.17. The summed E-state index contributed by atoms with van der Waals surface area (Å²) in [6.45, 7) is 1.55. The van der Waals surface area contributed by atoms with E-state index in [-0.39, 0.29) is 11.9 Å². The zero-order valence-electron chi connectivity index (χ0n) is 15.6. The summed E-state index contributed by atoms with van der Waals surface area (Å²) in [4.78, 5) is 26.4. The molecule has 1 atom stereocenters. The minimum Gasteiger partial charge on any atom is -0.330 e. The molecule has 2 aromatic rings. The van der Waals surface area contributed by atoms with Gasteiger partial charge in [-0.1, -0.05) is 6.07 Å². The number of benzene rings is 1. The lowest BCUT2D eigenvalue weighted by Gasteiger charge is -2.25. The highest BCUT2D eigenvalue weighted by Gasteiger charge is 2.32. The number of rotatable bonds is 4. The summed E-state index contributed by atoms with van der Waals surface area (Å²) in [5.74, 6) is 0.127. The number of carbonyl (C=O) groups is 1. The highest BCUT2D eigenvalue weighted by molar-refractivity contribution is 5.95. The molecule has 1 aliphatic heterocycles. The second-order valence-corrected chi connectivity index (χ2v) is 7.67. The molecule has 1 aromatic heterocycles. The van der Waals surface area contributed by atoms with Crippen LogP contribution in [0.25, 0.3) is 0 Å². The second-order valence-electron chi connectivity index (χ2n) is 7.67. The number of nitrogens with zero attached hydrogens (tertiary/aromatic N) is 4. The molecular weight excluding hydrogens is 324 g/mol. The summed E-state index contributed by atoms with van der Waals surface area (Å²) in [6.07, 6.45) is 9.04. The summed E-state index contributed by atoms with van der Waals surface area (Å²) in [6, 6.07) is 6.27. The third-order valence-corrected chi connectivity index (χ3v) is 5.38. The van der Waals surface area contributed by atoms with Gasteiger partial charge in [-0.25, -0.2) is 0 Å². The van der Waals surface area contributed by atoms with E-state index >= 15 is 0 Å². The van der Waals surface area contributed by atoms with Crippen molar-refractivity contribution >= 4 is 5.91 Å². The largest absolute Gasteiger partial charge is 0.330 e. The zero-order chi connectivity index (χ0) is 18.1. The maximum Gasteiger partial charge on any atom is 0.254 e. The van der Waals surface area contributed by atoms with E-state index in [1.54, 1.807) is 0 Å². The fourth-order valence-corrected chi connectivity index (χ4v) is 4.17. The molecule has 1 aromatic carbocycles. The lowest BCUT2D eigenvalue weighted by atomic mass is 10.0. The minimum atomic E-state index is 0.0327. The molecule has 0 spiro atoms. The molecule has 2 aliphatic rings. The Morgan fingerprint density at radius 1 is 1.19 bits per heavy atom. The van der Waals surface area contributed by atoms with Gasteiger partial charge in [-0.15, -0.1) is 0 Å². The van der Waals surface area contributed by atoms with Gasteiger partial charge in [0.15, 0.2) is 0 Å². The number of amides is 1. The molecule has 26 heavy (non-hydrogen) atoms. The van der Waals surface area contributed by atoms with Crippen molar-refractivity contribution in [1.29, 1.82) is 0 Å². The van der Waals surface area contributed by atoms with Crippen molar-refractivity contribution in [3.8, 4) is 0 Å². The second kappa shape index (κ2) is 7.16. The molecule has 2 heterocycles. The topological polar surface area (TPSA) is 49.3 Å². The number of hydrogen-bond donors (Lipinski definition) is 0. The van der Waals surface area contributed by atoms with Crippen LogP contribution in [0.15, 0.2) is 30.6 Å². The quantitative estimate of drug-likeness (QED) is 0.850. The van der Waals surface area contributed by atoms with Gasteiger partial charge in [-0.2, -0.15) is 0 Å². The number of fused-ring (bicyclic) bond motifs is 1. The predicted molar refractivity (Wildman–Crippen MR) is 101 cm³/mol. The van der Waals surface area contributed by atoms with Gasteiger partial charge in [0, 0.05) is 24.8 Å². The third-order valence-electron chi connectivity index (χ3n) is 5.38. The van der Waals surface area contributed by atoms with Crippen LogP contribution in [-0.2, 0) is 19.4 Å². The number of carbonyl (C=O) groups excluding carboxylic acids is 1. The maximum absolute atomic E-state index is 13.2. The van der Waals surface area contributed by atoms with Crippen LogP contribution >= 0.6 is 0 Å². The highest BCUT2D eigenvalue weighted by Crippen LogP contribution is 2.33. The van der Waals surface area contributed by atoms with E-state index in [1.165, 1.54) is 17.5 Å². The normalized spacial score (nSPS) is 19.2. The average Bonchev–Trinajstić information content (AvgIpc) is 3.29. The molecule has 0 bridgehead atoms. The Morgan fingerprint density at radius 3 is 2.88 bits per heavy atom. The van der Waals surface area contributed by atoms with Gasteiger partial charge in [0.05, 0.1) is 23.6 Å². The number of aryl methyl sites for hydroxylation is 2. The molecule has 0 unspecified atom stereocenters. The first kappa shape index (κ1) is 17.2. The lowest BCUT2D eigenvalue weighted by Crippen LogP contribution is -2.31. The highest BCUT2D eigenvalue weighted by atomic mass is 16.2. The fraction of sp³-hybridized carbons (Fsp3) is 0.476. The van der Waals surface area contributed by atoms with Gasteiger partial charge in [0.25, 0.3) is 5.91 Å². The van der Waals surface area contributed by atoms with Gasteiger partial charge in [-0.05, 0) is 69.5 Å². The molecule has 0 radical (unpaired) electrons. The Kier molecular flexibility index (Phi) is 4.72. The van der Waals surface area contributed by atoms with Crippen LogP contribution in [0.2, 0.25) is 0 Å². The number of hydrogen-bond acceptors (Lipinski definition) is 4. The molecule has 0 N–H and O–H groups in total. The molecule has 0 saturated carbocycles. The van der Waals surface area contributed by atoms with Crippen LogP contribution in [0.5, 0.6) is 0 Å². The Labute approximate surface area is 155 Å². The summed E-state index contributed by atoms with van der Waals surface area (Å²) >= 11 is 0. The van der Waals surface area contributed by atoms with E-state index in [2.05, 4.69) is 22.0 Å². The van der Waals surface area contributed by atoms with Crippen molar-refractivity contribution < 1.29 is 4.79 Å². The Morgan fingerprint density at radius 2 is 2.04 bits per heavy atom. The van der Waals surface area contributed by atoms with Crippen molar-refractivity contribution in [2.75, 3.05) is 20.6 Å². The molecule has 5 heteroatoms. The van der Waals surface area contributed by atoms with Gasteiger partial charge in [0.2, 0.25) is 0 Å². The van der Waals surface area contributed by atoms with E-state index in [0.29, 0.717) is 0 Å². The number of likely N-dealkylation sites (tertiary alicyclic amines) is 1. The van der Waals surface area contributed by atoms with E-state index in [4.69, 9.17) is 4.98 Å². The average molecular weight is 350 g/mol. The maximum atomic E-state index is 13.2. The minimum absolute atomic E-state index is 0.0327. The van der Waals surface area contributed by atoms with Crippen molar-refractivity contribution in [3.63, 3.8) is 0 Å². The van der Waals surface area contributed by atoms with Gasteiger partial charge in [-0.3, -0.25) is 14.8 Å². The summed E-state index contributed by atoms with van der Waals surface area (Å²) in [5, 5.41) is 0. The van der Waals surface area contributed by atoms with Crippen molar-refractivity contribution in [3.05, 3.63) is 58.7 Å². The first-order valence-electron chi connectivity index (χ1n) is 9.50. The zero-order valence-corrected chi connectivity index (χ0v) is 15.6. The number of aromatic nitrogens is 2. The molecule has 1 fully saturated rings. The molecular formula is C21H26N4O. The van der Waals surface area contributed by atoms with Crippen LogP contribution in [0.3, 0.4) is 0 Å². The van der Waals surface area contributed by atoms with Crippen LogP contribution in [-0.4, -0.2) is 46.3 Å². The first-order valence-corrected chi connectivity index (χ1v) is 9.50. The Bertz CT molecular complexity index is 817. The van der Waals surface area contributed by atoms with Crippen LogP contribution < -0.4 is 0 Å². The van der Waals surface area contributed by atoms with E-state index in [0.717, 1.165) is 55.7 Å².